The molecule has 9 heteroatoms. The number of benzene rings is 1. The van der Waals surface area contributed by atoms with E-state index in [2.05, 4.69) is 10.4 Å². The van der Waals surface area contributed by atoms with Gasteiger partial charge in [-0.3, -0.25) is 20.1 Å². The number of rotatable bonds is 1. The Kier molecular flexibility index (Phi) is 6.47. The fourth-order valence-corrected chi connectivity index (χ4v) is 1.43. The van der Waals surface area contributed by atoms with Crippen LogP contribution in [-0.2, 0) is 6.18 Å². The van der Waals surface area contributed by atoms with E-state index in [1.807, 2.05) is 0 Å². The lowest BCUT2D eigenvalue weighted by Crippen LogP contribution is -2.45. The van der Waals surface area contributed by atoms with Crippen LogP contribution in [0.4, 0.5) is 13.2 Å². The molecule has 0 spiro atoms. The Morgan fingerprint density at radius 2 is 2.00 bits per heavy atom. The number of nitrogens with two attached hydrogens (primary N) is 1. The zero-order chi connectivity index (χ0) is 14.6. The number of nitrogens with one attached hydrogen (secondary N) is 1. The van der Waals surface area contributed by atoms with Crippen molar-refractivity contribution in [1.82, 2.24) is 10.3 Å². The number of hydrogen-bond donors (Lipinski definition) is 2. The van der Waals surface area contributed by atoms with Gasteiger partial charge in [0.05, 0.1) is 5.56 Å². The summed E-state index contributed by atoms with van der Waals surface area (Å²) in [4.78, 5) is 16.7. The molecule has 1 rings (SSSR count). The van der Waals surface area contributed by atoms with E-state index in [0.717, 1.165) is 17.0 Å². The molecular formula is C11H14ClF3N4O. The van der Waals surface area contributed by atoms with Crippen molar-refractivity contribution in [3.8, 4) is 0 Å². The minimum Gasteiger partial charge on any atom is -0.294 e. The Morgan fingerprint density at radius 3 is 2.45 bits per heavy atom. The lowest BCUT2D eigenvalue weighted by molar-refractivity contribution is -0.137. The van der Waals surface area contributed by atoms with E-state index in [4.69, 9.17) is 5.84 Å². The van der Waals surface area contributed by atoms with E-state index >= 15 is 0 Å². The average molecular weight is 311 g/mol. The summed E-state index contributed by atoms with van der Waals surface area (Å²) in [5.41, 5.74) is 1.19. The molecule has 0 fully saturated rings. The number of amides is 1. The van der Waals surface area contributed by atoms with E-state index < -0.39 is 17.6 Å². The van der Waals surface area contributed by atoms with Crippen molar-refractivity contribution in [2.45, 2.75) is 6.18 Å². The van der Waals surface area contributed by atoms with Gasteiger partial charge in [0.25, 0.3) is 5.91 Å². The van der Waals surface area contributed by atoms with Crippen molar-refractivity contribution in [3.05, 3.63) is 35.4 Å². The number of carbonyl (C=O) groups excluding carboxylic acids is 1. The van der Waals surface area contributed by atoms with Crippen LogP contribution in [0.2, 0.25) is 0 Å². The zero-order valence-corrected chi connectivity index (χ0v) is 11.5. The number of halogens is 4. The third kappa shape index (κ3) is 4.10. The van der Waals surface area contributed by atoms with Gasteiger partial charge in [-0.15, -0.1) is 12.4 Å². The normalized spacial score (nSPS) is 11.6. The van der Waals surface area contributed by atoms with Gasteiger partial charge in [-0.2, -0.15) is 13.2 Å². The second kappa shape index (κ2) is 7.11. The molecule has 1 aromatic rings. The Bertz CT molecular complexity index is 505. The molecule has 0 atom stereocenters. The lowest BCUT2D eigenvalue weighted by Gasteiger charge is -2.18. The van der Waals surface area contributed by atoms with E-state index in [1.54, 1.807) is 0 Å². The van der Waals surface area contributed by atoms with Gasteiger partial charge >= 0.3 is 6.18 Å². The summed E-state index contributed by atoms with van der Waals surface area (Å²) < 4.78 is 37.6. The summed E-state index contributed by atoms with van der Waals surface area (Å²) in [6.45, 7) is 0. The van der Waals surface area contributed by atoms with Crippen LogP contribution in [0.25, 0.3) is 0 Å². The molecule has 0 aromatic heterocycles. The predicted octanol–water partition coefficient (Wildman–Crippen LogP) is 1.65. The molecule has 112 valence electrons. The second-order valence-corrected chi connectivity index (χ2v) is 3.63. The minimum absolute atomic E-state index is 0. The quantitative estimate of drug-likeness (QED) is 0.358. The number of hydrogen-bond acceptors (Lipinski definition) is 3. The number of guanidine groups is 1. The van der Waals surface area contributed by atoms with Gasteiger partial charge in [-0.05, 0) is 18.2 Å². The number of nitrogens with zero attached hydrogens (tertiary/aromatic N) is 2. The monoisotopic (exact) mass is 310 g/mol. The molecule has 5 nitrogen and oxygen atoms in total. The summed E-state index contributed by atoms with van der Waals surface area (Å²) in [5.74, 6) is 4.54. The summed E-state index contributed by atoms with van der Waals surface area (Å²) in [6.07, 6.45) is -4.50. The van der Waals surface area contributed by atoms with Gasteiger partial charge in [0.15, 0.2) is 0 Å². The molecule has 0 radical (unpaired) electrons. The van der Waals surface area contributed by atoms with Crippen LogP contribution in [0.5, 0.6) is 0 Å². The molecule has 0 aliphatic heterocycles. The number of alkyl halides is 3. The van der Waals surface area contributed by atoms with Crippen LogP contribution in [0, 0.1) is 0 Å². The molecular weight excluding hydrogens is 297 g/mol. The van der Waals surface area contributed by atoms with Gasteiger partial charge in [-0.25, -0.2) is 5.84 Å². The van der Waals surface area contributed by atoms with E-state index in [0.29, 0.717) is 0 Å². The van der Waals surface area contributed by atoms with Crippen LogP contribution in [0.3, 0.4) is 0 Å². The second-order valence-electron chi connectivity index (χ2n) is 3.63. The SMILES string of the molecule is CN=C(NN)N(C)C(=O)c1cccc(C(F)(F)F)c1.Cl. The third-order valence-corrected chi connectivity index (χ3v) is 2.40. The van der Waals surface area contributed by atoms with Gasteiger partial charge < -0.3 is 0 Å². The predicted molar refractivity (Wildman–Crippen MR) is 71.5 cm³/mol. The first-order chi connectivity index (χ1) is 8.81. The average Bonchev–Trinajstić information content (AvgIpc) is 2.38. The maximum absolute atomic E-state index is 12.5. The molecule has 1 aromatic carbocycles. The molecule has 0 aliphatic carbocycles. The Balaban J connectivity index is 0.00000361. The highest BCUT2D eigenvalue weighted by Gasteiger charge is 2.31. The minimum atomic E-state index is -4.50. The number of aliphatic imine (C=N–C) groups is 1. The van der Waals surface area contributed by atoms with Crippen LogP contribution in [-0.4, -0.2) is 30.9 Å². The van der Waals surface area contributed by atoms with Gasteiger partial charge in [0, 0.05) is 19.7 Å². The third-order valence-electron chi connectivity index (χ3n) is 2.40. The summed E-state index contributed by atoms with van der Waals surface area (Å²) in [5, 5.41) is 0. The van der Waals surface area contributed by atoms with Crippen LogP contribution < -0.4 is 11.3 Å². The van der Waals surface area contributed by atoms with Crippen molar-refractivity contribution < 1.29 is 18.0 Å². The maximum Gasteiger partial charge on any atom is 0.416 e. The Hall–Kier alpha value is -1.80. The molecule has 1 amide bonds. The van der Waals surface area contributed by atoms with Gasteiger partial charge in [0.2, 0.25) is 5.96 Å². The zero-order valence-electron chi connectivity index (χ0n) is 10.7. The van der Waals surface area contributed by atoms with Crippen molar-refractivity contribution >= 4 is 24.3 Å². The van der Waals surface area contributed by atoms with Crippen molar-refractivity contribution in [3.63, 3.8) is 0 Å². The summed E-state index contributed by atoms with van der Waals surface area (Å²) in [6, 6.07) is 4.13. The molecule has 0 unspecified atom stereocenters. The van der Waals surface area contributed by atoms with Crippen LogP contribution in [0.1, 0.15) is 15.9 Å². The van der Waals surface area contributed by atoms with Crippen LogP contribution >= 0.6 is 12.4 Å². The fraction of sp³-hybridized carbons (Fsp3) is 0.273. The first kappa shape index (κ1) is 18.2. The van der Waals surface area contributed by atoms with E-state index in [-0.39, 0.29) is 23.9 Å². The summed E-state index contributed by atoms with van der Waals surface area (Å²) in [7, 11) is 2.75. The van der Waals surface area contributed by atoms with E-state index in [9.17, 15) is 18.0 Å². The number of carbonyl (C=O) groups is 1. The van der Waals surface area contributed by atoms with Crippen molar-refractivity contribution in [2.24, 2.45) is 10.8 Å². The Labute approximate surface area is 120 Å². The highest BCUT2D eigenvalue weighted by atomic mass is 35.5. The van der Waals surface area contributed by atoms with Gasteiger partial charge in [0.1, 0.15) is 0 Å². The molecule has 0 aliphatic rings. The van der Waals surface area contributed by atoms with Gasteiger partial charge in [-0.1, -0.05) is 6.07 Å². The smallest absolute Gasteiger partial charge is 0.294 e. The highest BCUT2D eigenvalue weighted by Crippen LogP contribution is 2.29. The topological polar surface area (TPSA) is 70.7 Å². The molecule has 0 saturated carbocycles. The first-order valence-electron chi connectivity index (χ1n) is 5.20. The molecule has 0 saturated heterocycles. The van der Waals surface area contributed by atoms with Crippen molar-refractivity contribution in [1.29, 1.82) is 0 Å². The van der Waals surface area contributed by atoms with E-state index in [1.165, 1.54) is 26.2 Å². The molecule has 0 heterocycles. The molecule has 3 N–H and O–H groups in total. The number of hydrazine groups is 1. The lowest BCUT2D eigenvalue weighted by atomic mass is 10.1. The summed E-state index contributed by atoms with van der Waals surface area (Å²) >= 11 is 0. The molecule has 20 heavy (non-hydrogen) atoms. The molecule has 0 bridgehead atoms. The standard InChI is InChI=1S/C11H13F3N4O.ClH/c1-16-10(17-15)18(2)9(19)7-4-3-5-8(6-7)11(12,13)14;/h3-6H,15H2,1-2H3,(H,16,17);1H. The van der Waals surface area contributed by atoms with Crippen LogP contribution in [0.15, 0.2) is 29.3 Å². The van der Waals surface area contributed by atoms with Crippen molar-refractivity contribution in [2.75, 3.05) is 14.1 Å². The largest absolute Gasteiger partial charge is 0.416 e. The maximum atomic E-state index is 12.5. The first-order valence-corrected chi connectivity index (χ1v) is 5.20. The fourth-order valence-electron chi connectivity index (χ4n) is 1.43. The highest BCUT2D eigenvalue weighted by molar-refractivity contribution is 6.05. The Morgan fingerprint density at radius 1 is 1.40 bits per heavy atom.